The van der Waals surface area contributed by atoms with Gasteiger partial charge in [-0.3, -0.25) is 19.6 Å². The largest absolute Gasteiger partial charge is 0.365 e. The summed E-state index contributed by atoms with van der Waals surface area (Å²) in [7, 11) is 0. The van der Waals surface area contributed by atoms with Gasteiger partial charge in [0.2, 0.25) is 0 Å². The van der Waals surface area contributed by atoms with Gasteiger partial charge >= 0.3 is 0 Å². The zero-order chi connectivity index (χ0) is 13.8. The molecule has 19 heavy (non-hydrogen) atoms. The van der Waals surface area contributed by atoms with Crippen molar-refractivity contribution in [2.24, 2.45) is 5.73 Å². The van der Waals surface area contributed by atoms with Crippen LogP contribution in [0.3, 0.4) is 0 Å². The molecular formula is C12H13N3O4. The van der Waals surface area contributed by atoms with E-state index in [1.807, 2.05) is 0 Å². The number of hydrogen-bond acceptors (Lipinski definition) is 4. The number of fused-ring (bicyclic) bond motifs is 1. The van der Waals surface area contributed by atoms with Gasteiger partial charge in [-0.05, 0) is 19.3 Å². The van der Waals surface area contributed by atoms with Crippen molar-refractivity contribution in [3.05, 3.63) is 33.7 Å². The van der Waals surface area contributed by atoms with Gasteiger partial charge in [0.05, 0.1) is 5.54 Å². The Hall–Kier alpha value is -2.15. The van der Waals surface area contributed by atoms with Crippen molar-refractivity contribution >= 4 is 11.8 Å². The van der Waals surface area contributed by atoms with Crippen LogP contribution >= 0.6 is 0 Å². The van der Waals surface area contributed by atoms with E-state index in [0.29, 0.717) is 19.4 Å². The van der Waals surface area contributed by atoms with Crippen LogP contribution in [0.25, 0.3) is 0 Å². The summed E-state index contributed by atoms with van der Waals surface area (Å²) in [4.78, 5) is 34.9. The molecule has 7 nitrogen and oxygen atoms in total. The number of hydroxylamine groups is 2. The van der Waals surface area contributed by atoms with Crippen molar-refractivity contribution < 1.29 is 14.8 Å². The standard InChI is InChI=1S/C12H13N3O4/c13-10(17)7-5-14-6-12(2-1-3-12)15(19)11(18)8(14)4-9(7)16/h4-5,19H,1-3,6H2,(H2,13,17). The van der Waals surface area contributed by atoms with Gasteiger partial charge in [0.25, 0.3) is 11.8 Å². The highest BCUT2D eigenvalue weighted by atomic mass is 16.5. The van der Waals surface area contributed by atoms with Crippen LogP contribution in [0.1, 0.15) is 40.1 Å². The summed E-state index contributed by atoms with van der Waals surface area (Å²) < 4.78 is 1.54. The Balaban J connectivity index is 2.15. The number of carbonyl (C=O) groups is 2. The number of aromatic nitrogens is 1. The van der Waals surface area contributed by atoms with Crippen LogP contribution in [0.2, 0.25) is 0 Å². The number of primary amides is 1. The maximum atomic E-state index is 12.1. The lowest BCUT2D eigenvalue weighted by Gasteiger charge is -2.49. The molecule has 1 aliphatic carbocycles. The lowest BCUT2D eigenvalue weighted by atomic mass is 9.75. The van der Waals surface area contributed by atoms with Gasteiger partial charge in [0.15, 0.2) is 5.43 Å². The molecule has 0 unspecified atom stereocenters. The quantitative estimate of drug-likeness (QED) is 0.679. The number of rotatable bonds is 1. The van der Waals surface area contributed by atoms with E-state index in [1.54, 1.807) is 0 Å². The van der Waals surface area contributed by atoms with Gasteiger partial charge in [-0.2, -0.15) is 0 Å². The Bertz CT molecular complexity index is 645. The van der Waals surface area contributed by atoms with E-state index in [9.17, 15) is 19.6 Å². The maximum absolute atomic E-state index is 12.1. The minimum Gasteiger partial charge on any atom is -0.365 e. The molecule has 0 saturated heterocycles. The van der Waals surface area contributed by atoms with Crippen LogP contribution < -0.4 is 11.2 Å². The fourth-order valence-electron chi connectivity index (χ4n) is 2.74. The molecule has 0 radical (unpaired) electrons. The number of amides is 2. The fraction of sp³-hybridized carbons (Fsp3) is 0.417. The minimum atomic E-state index is -0.818. The monoisotopic (exact) mass is 263 g/mol. The highest BCUT2D eigenvalue weighted by Gasteiger charge is 2.49. The Morgan fingerprint density at radius 1 is 1.37 bits per heavy atom. The zero-order valence-corrected chi connectivity index (χ0v) is 10.1. The molecule has 100 valence electrons. The molecular weight excluding hydrogens is 250 g/mol. The molecule has 2 amide bonds. The van der Waals surface area contributed by atoms with Crippen LogP contribution in [0.5, 0.6) is 0 Å². The molecule has 1 fully saturated rings. The summed E-state index contributed by atoms with van der Waals surface area (Å²) in [6, 6.07) is 1.05. The molecule has 2 aliphatic rings. The molecule has 3 rings (SSSR count). The first-order chi connectivity index (χ1) is 8.94. The molecule has 1 aliphatic heterocycles. The van der Waals surface area contributed by atoms with Gasteiger partial charge in [-0.15, -0.1) is 0 Å². The lowest BCUT2D eigenvalue weighted by molar-refractivity contribution is -0.173. The van der Waals surface area contributed by atoms with Gasteiger partial charge in [0.1, 0.15) is 11.3 Å². The van der Waals surface area contributed by atoms with Crippen LogP contribution in [0, 0.1) is 0 Å². The predicted octanol–water partition coefficient (Wildman–Crippen LogP) is -0.285. The van der Waals surface area contributed by atoms with Crippen LogP contribution in [0.15, 0.2) is 17.1 Å². The van der Waals surface area contributed by atoms with Crippen LogP contribution in [-0.4, -0.2) is 32.2 Å². The van der Waals surface area contributed by atoms with E-state index >= 15 is 0 Å². The van der Waals surface area contributed by atoms with E-state index in [1.165, 1.54) is 10.8 Å². The lowest BCUT2D eigenvalue weighted by Crippen LogP contribution is -2.61. The third-order valence-electron chi connectivity index (χ3n) is 4.00. The molecule has 1 saturated carbocycles. The summed E-state index contributed by atoms with van der Waals surface area (Å²) in [6.07, 6.45) is 3.65. The van der Waals surface area contributed by atoms with Crippen LogP contribution in [0.4, 0.5) is 0 Å². The normalized spacial score (nSPS) is 20.1. The van der Waals surface area contributed by atoms with E-state index in [0.717, 1.165) is 17.6 Å². The molecule has 2 heterocycles. The first-order valence-electron chi connectivity index (χ1n) is 6.02. The Labute approximate surface area is 108 Å². The van der Waals surface area contributed by atoms with Crippen molar-refractivity contribution in [2.75, 3.05) is 0 Å². The SMILES string of the molecule is NC(=O)c1cn2c(cc1=O)C(=O)N(O)C1(CCC1)C2. The molecule has 1 aromatic rings. The van der Waals surface area contributed by atoms with E-state index in [2.05, 4.69) is 0 Å². The minimum absolute atomic E-state index is 0.0787. The Morgan fingerprint density at radius 2 is 2.05 bits per heavy atom. The molecule has 3 N–H and O–H groups in total. The number of carbonyl (C=O) groups excluding carboxylic acids is 2. The second-order valence-electron chi connectivity index (χ2n) is 5.12. The number of nitrogens with zero attached hydrogens (tertiary/aromatic N) is 2. The van der Waals surface area contributed by atoms with Crippen LogP contribution in [-0.2, 0) is 6.54 Å². The first kappa shape index (κ1) is 11.9. The number of pyridine rings is 1. The smallest absolute Gasteiger partial charge is 0.294 e. The molecule has 1 spiro atoms. The second-order valence-corrected chi connectivity index (χ2v) is 5.12. The van der Waals surface area contributed by atoms with E-state index < -0.39 is 22.8 Å². The van der Waals surface area contributed by atoms with Gasteiger partial charge in [-0.1, -0.05) is 0 Å². The summed E-state index contributed by atoms with van der Waals surface area (Å²) in [5, 5.41) is 10.7. The van der Waals surface area contributed by atoms with Crippen molar-refractivity contribution in [2.45, 2.75) is 31.3 Å². The average Bonchev–Trinajstić information content (AvgIpc) is 2.31. The van der Waals surface area contributed by atoms with Gasteiger partial charge in [-0.25, -0.2) is 5.06 Å². The predicted molar refractivity (Wildman–Crippen MR) is 63.8 cm³/mol. The number of hydrogen-bond donors (Lipinski definition) is 2. The Kier molecular flexibility index (Phi) is 2.30. The van der Waals surface area contributed by atoms with Crippen molar-refractivity contribution in [1.29, 1.82) is 0 Å². The first-order valence-corrected chi connectivity index (χ1v) is 6.02. The topological polar surface area (TPSA) is 106 Å². The maximum Gasteiger partial charge on any atom is 0.294 e. The third kappa shape index (κ3) is 1.51. The molecule has 0 aromatic carbocycles. The van der Waals surface area contributed by atoms with Gasteiger partial charge in [0, 0.05) is 18.8 Å². The summed E-state index contributed by atoms with van der Waals surface area (Å²) >= 11 is 0. The molecule has 7 heteroatoms. The van der Waals surface area contributed by atoms with Crippen molar-refractivity contribution in [3.8, 4) is 0 Å². The third-order valence-corrected chi connectivity index (χ3v) is 4.00. The average molecular weight is 263 g/mol. The van der Waals surface area contributed by atoms with E-state index in [-0.39, 0.29) is 11.3 Å². The van der Waals surface area contributed by atoms with Crippen molar-refractivity contribution in [1.82, 2.24) is 9.63 Å². The second kappa shape index (κ2) is 3.67. The van der Waals surface area contributed by atoms with Crippen molar-refractivity contribution in [3.63, 3.8) is 0 Å². The van der Waals surface area contributed by atoms with E-state index in [4.69, 9.17) is 5.73 Å². The zero-order valence-electron chi connectivity index (χ0n) is 10.1. The Morgan fingerprint density at radius 3 is 2.58 bits per heavy atom. The molecule has 0 atom stereocenters. The summed E-state index contributed by atoms with van der Waals surface area (Å²) in [5.41, 5.74) is 3.85. The molecule has 0 bridgehead atoms. The highest BCUT2D eigenvalue weighted by Crippen LogP contribution is 2.41. The fourth-order valence-corrected chi connectivity index (χ4v) is 2.74. The highest BCUT2D eigenvalue weighted by molar-refractivity contribution is 5.96. The number of nitrogens with two attached hydrogens (primary N) is 1. The summed E-state index contributed by atoms with van der Waals surface area (Å²) in [5.74, 6) is -1.43. The van der Waals surface area contributed by atoms with Gasteiger partial charge < -0.3 is 10.3 Å². The molecule has 1 aromatic heterocycles. The summed E-state index contributed by atoms with van der Waals surface area (Å²) in [6.45, 7) is 0.366.